The van der Waals surface area contributed by atoms with Crippen LogP contribution in [0.4, 0.5) is 0 Å². The molecule has 1 heterocycles. The van der Waals surface area contributed by atoms with Crippen LogP contribution in [0.15, 0.2) is 42.5 Å². The van der Waals surface area contributed by atoms with Crippen molar-refractivity contribution < 1.29 is 9.59 Å². The van der Waals surface area contributed by atoms with Crippen LogP contribution >= 0.6 is 12.4 Å². The van der Waals surface area contributed by atoms with Crippen molar-refractivity contribution in [2.24, 2.45) is 5.92 Å². The maximum atomic E-state index is 12.8. The molecule has 29 heavy (non-hydrogen) atoms. The van der Waals surface area contributed by atoms with E-state index in [1.54, 1.807) is 0 Å². The Hall–Kier alpha value is -2.11. The Labute approximate surface area is 179 Å². The van der Waals surface area contributed by atoms with Gasteiger partial charge in [0.25, 0.3) is 0 Å². The number of benzene rings is 2. The van der Waals surface area contributed by atoms with Gasteiger partial charge in [0, 0.05) is 12.1 Å². The van der Waals surface area contributed by atoms with E-state index < -0.39 is 6.04 Å². The van der Waals surface area contributed by atoms with E-state index in [0.29, 0.717) is 0 Å². The number of amides is 2. The van der Waals surface area contributed by atoms with Gasteiger partial charge in [-0.05, 0) is 48.6 Å². The van der Waals surface area contributed by atoms with Crippen molar-refractivity contribution in [1.29, 1.82) is 0 Å². The summed E-state index contributed by atoms with van der Waals surface area (Å²) >= 11 is 0. The van der Waals surface area contributed by atoms with E-state index in [0.717, 1.165) is 35.7 Å². The average Bonchev–Trinajstić information content (AvgIpc) is 2.67. The van der Waals surface area contributed by atoms with Crippen LogP contribution in [0, 0.1) is 5.92 Å². The summed E-state index contributed by atoms with van der Waals surface area (Å²) in [4.78, 5) is 25.4. The van der Waals surface area contributed by atoms with Crippen LogP contribution in [0.1, 0.15) is 39.2 Å². The van der Waals surface area contributed by atoms with E-state index in [9.17, 15) is 9.59 Å². The first-order valence-corrected chi connectivity index (χ1v) is 10.2. The zero-order chi connectivity index (χ0) is 20.1. The Bertz CT molecular complexity index is 840. The Kier molecular flexibility index (Phi) is 8.47. The van der Waals surface area contributed by atoms with Crippen molar-refractivity contribution in [2.75, 3.05) is 6.54 Å². The lowest BCUT2D eigenvalue weighted by Crippen LogP contribution is -2.57. The lowest BCUT2D eigenvalue weighted by molar-refractivity contribution is -0.130. The van der Waals surface area contributed by atoms with Crippen molar-refractivity contribution >= 4 is 35.0 Å². The molecule has 5 nitrogen and oxygen atoms in total. The molecular weight excluding hydrogens is 386 g/mol. The molecule has 0 spiro atoms. The summed E-state index contributed by atoms with van der Waals surface area (Å²) in [6.45, 7) is 7.00. The summed E-state index contributed by atoms with van der Waals surface area (Å²) in [5.74, 6) is -0.200. The Morgan fingerprint density at radius 1 is 1.14 bits per heavy atom. The van der Waals surface area contributed by atoms with Crippen LogP contribution < -0.4 is 16.0 Å². The number of fused-ring (bicyclic) bond motifs is 1. The minimum absolute atomic E-state index is 0. The van der Waals surface area contributed by atoms with Crippen LogP contribution in [-0.2, 0) is 16.0 Å². The summed E-state index contributed by atoms with van der Waals surface area (Å²) in [6.07, 6.45) is 2.29. The summed E-state index contributed by atoms with van der Waals surface area (Å²) in [5.41, 5.74) is 0.948. The predicted octanol–water partition coefficient (Wildman–Crippen LogP) is 3.20. The van der Waals surface area contributed by atoms with Crippen LogP contribution in [-0.4, -0.2) is 36.5 Å². The van der Waals surface area contributed by atoms with Gasteiger partial charge in [0.1, 0.15) is 6.04 Å². The SMILES string of the molecule is CC(C)C(NC(=O)Cc1ccc2ccccc2c1)C(=O)NC1CCCNC1C.Cl. The molecule has 3 N–H and O–H groups in total. The molecule has 0 aliphatic carbocycles. The number of halogens is 1. The van der Waals surface area contributed by atoms with Gasteiger partial charge >= 0.3 is 0 Å². The molecule has 3 atom stereocenters. The lowest BCUT2D eigenvalue weighted by Gasteiger charge is -2.32. The molecular formula is C23H32ClN3O2. The third kappa shape index (κ3) is 6.18. The molecule has 1 aliphatic heterocycles. The number of hydrogen-bond donors (Lipinski definition) is 3. The number of piperidine rings is 1. The molecule has 0 radical (unpaired) electrons. The lowest BCUT2D eigenvalue weighted by atomic mass is 9.97. The monoisotopic (exact) mass is 417 g/mol. The van der Waals surface area contributed by atoms with Gasteiger partial charge in [0.2, 0.25) is 11.8 Å². The highest BCUT2D eigenvalue weighted by Crippen LogP contribution is 2.16. The molecule has 0 aromatic heterocycles. The van der Waals surface area contributed by atoms with Gasteiger partial charge in [-0.25, -0.2) is 0 Å². The number of rotatable bonds is 6. The Morgan fingerprint density at radius 2 is 1.86 bits per heavy atom. The van der Waals surface area contributed by atoms with Crippen molar-refractivity contribution in [1.82, 2.24) is 16.0 Å². The van der Waals surface area contributed by atoms with E-state index in [1.165, 1.54) is 0 Å². The van der Waals surface area contributed by atoms with E-state index in [2.05, 4.69) is 28.9 Å². The molecule has 0 bridgehead atoms. The second-order valence-corrected chi connectivity index (χ2v) is 8.15. The zero-order valence-electron chi connectivity index (χ0n) is 17.4. The molecule has 0 saturated carbocycles. The van der Waals surface area contributed by atoms with Crippen LogP contribution in [0.2, 0.25) is 0 Å². The Morgan fingerprint density at radius 3 is 2.55 bits per heavy atom. The summed E-state index contributed by atoms with van der Waals surface area (Å²) < 4.78 is 0. The highest BCUT2D eigenvalue weighted by Gasteiger charge is 2.29. The molecule has 3 unspecified atom stereocenters. The zero-order valence-corrected chi connectivity index (χ0v) is 18.2. The summed E-state index contributed by atoms with van der Waals surface area (Å²) in [7, 11) is 0. The Balaban J connectivity index is 0.00000300. The van der Waals surface area contributed by atoms with Crippen LogP contribution in [0.5, 0.6) is 0 Å². The highest BCUT2D eigenvalue weighted by molar-refractivity contribution is 5.90. The second-order valence-electron chi connectivity index (χ2n) is 8.15. The smallest absolute Gasteiger partial charge is 0.243 e. The molecule has 2 amide bonds. The van der Waals surface area contributed by atoms with Gasteiger partial charge in [-0.1, -0.05) is 56.3 Å². The number of nitrogens with one attached hydrogen (secondary N) is 3. The van der Waals surface area contributed by atoms with Crippen molar-refractivity contribution in [3.63, 3.8) is 0 Å². The first-order valence-electron chi connectivity index (χ1n) is 10.2. The second kappa shape index (κ2) is 10.6. The van der Waals surface area contributed by atoms with Crippen LogP contribution in [0.3, 0.4) is 0 Å². The molecule has 1 fully saturated rings. The van der Waals surface area contributed by atoms with Gasteiger partial charge in [0.15, 0.2) is 0 Å². The third-order valence-corrected chi connectivity index (χ3v) is 5.53. The van der Waals surface area contributed by atoms with Gasteiger partial charge in [-0.15, -0.1) is 12.4 Å². The van der Waals surface area contributed by atoms with Crippen molar-refractivity contribution in [3.8, 4) is 0 Å². The third-order valence-electron chi connectivity index (χ3n) is 5.53. The number of carbonyl (C=O) groups is 2. The molecule has 2 aromatic carbocycles. The fraction of sp³-hybridized carbons (Fsp3) is 0.478. The van der Waals surface area contributed by atoms with E-state index >= 15 is 0 Å². The maximum absolute atomic E-state index is 12.8. The maximum Gasteiger partial charge on any atom is 0.243 e. The predicted molar refractivity (Wildman–Crippen MR) is 120 cm³/mol. The molecule has 158 valence electrons. The number of carbonyl (C=O) groups excluding carboxylic acids is 2. The summed E-state index contributed by atoms with van der Waals surface area (Å²) in [6, 6.07) is 14.0. The molecule has 3 rings (SSSR count). The van der Waals surface area contributed by atoms with Gasteiger partial charge < -0.3 is 16.0 Å². The van der Waals surface area contributed by atoms with Crippen molar-refractivity contribution in [2.45, 2.75) is 58.2 Å². The van der Waals surface area contributed by atoms with E-state index in [-0.39, 0.29) is 48.6 Å². The standard InChI is InChI=1S/C23H31N3O2.ClH/c1-15(2)22(23(28)25-20-9-6-12-24-16(20)3)26-21(27)14-17-10-11-18-7-4-5-8-19(18)13-17;/h4-5,7-8,10-11,13,15-16,20,22,24H,6,9,12,14H2,1-3H3,(H,25,28)(H,26,27);1H. The summed E-state index contributed by atoms with van der Waals surface area (Å²) in [5, 5.41) is 11.7. The largest absolute Gasteiger partial charge is 0.350 e. The fourth-order valence-corrected chi connectivity index (χ4v) is 3.81. The average molecular weight is 418 g/mol. The normalized spacial score (nSPS) is 20.0. The van der Waals surface area contributed by atoms with Crippen LogP contribution in [0.25, 0.3) is 10.8 Å². The van der Waals surface area contributed by atoms with Gasteiger partial charge in [0.05, 0.1) is 6.42 Å². The number of hydrogen-bond acceptors (Lipinski definition) is 3. The molecule has 1 aliphatic rings. The highest BCUT2D eigenvalue weighted by atomic mass is 35.5. The van der Waals surface area contributed by atoms with E-state index in [4.69, 9.17) is 0 Å². The molecule has 2 aromatic rings. The first kappa shape index (κ1) is 23.2. The fourth-order valence-electron chi connectivity index (χ4n) is 3.81. The molecule has 1 saturated heterocycles. The minimum atomic E-state index is -0.526. The van der Waals surface area contributed by atoms with Crippen molar-refractivity contribution in [3.05, 3.63) is 48.0 Å². The first-order chi connectivity index (χ1) is 13.4. The molecule has 6 heteroatoms. The van der Waals surface area contributed by atoms with E-state index in [1.807, 2.05) is 50.2 Å². The quantitative estimate of drug-likeness (QED) is 0.675. The topological polar surface area (TPSA) is 70.2 Å². The van der Waals surface area contributed by atoms with Gasteiger partial charge in [-0.2, -0.15) is 0 Å². The van der Waals surface area contributed by atoms with Gasteiger partial charge in [-0.3, -0.25) is 9.59 Å². The minimum Gasteiger partial charge on any atom is -0.350 e.